The number of nitrogens with zero attached hydrogens (tertiary/aromatic N) is 3. The first kappa shape index (κ1) is 14.3. The Kier molecular flexibility index (Phi) is 5.17. The number of hydrogen-bond acceptors (Lipinski definition) is 4. The van der Waals surface area contributed by atoms with Crippen molar-refractivity contribution >= 4 is 5.91 Å². The zero-order valence-electron chi connectivity index (χ0n) is 11.7. The van der Waals surface area contributed by atoms with Gasteiger partial charge < -0.3 is 9.64 Å². The number of likely N-dealkylation sites (N-methyl/N-ethyl adjacent to an activating group) is 1. The summed E-state index contributed by atoms with van der Waals surface area (Å²) < 4.78 is 5.49. The van der Waals surface area contributed by atoms with Crippen molar-refractivity contribution in [2.45, 2.75) is 44.7 Å². The van der Waals surface area contributed by atoms with E-state index in [0.29, 0.717) is 25.8 Å². The highest BCUT2D eigenvalue weighted by molar-refractivity contribution is 5.82. The Morgan fingerprint density at radius 3 is 2.84 bits per heavy atom. The van der Waals surface area contributed by atoms with Crippen LogP contribution in [0.1, 0.15) is 32.6 Å². The van der Waals surface area contributed by atoms with Gasteiger partial charge in [0.1, 0.15) is 12.6 Å². The second-order valence-electron chi connectivity index (χ2n) is 5.28. The monoisotopic (exact) mass is 265 g/mol. The maximum atomic E-state index is 12.5. The molecular weight excluding hydrogens is 242 g/mol. The second-order valence-corrected chi connectivity index (χ2v) is 5.28. The molecule has 1 atom stereocenters. The fourth-order valence-corrected chi connectivity index (χ4v) is 3.14. The molecule has 1 saturated heterocycles. The summed E-state index contributed by atoms with van der Waals surface area (Å²) in [7, 11) is 0. The molecule has 1 saturated carbocycles. The van der Waals surface area contributed by atoms with E-state index in [1.54, 1.807) is 4.90 Å². The van der Waals surface area contributed by atoms with Crippen molar-refractivity contribution in [3.05, 3.63) is 0 Å². The van der Waals surface area contributed by atoms with Gasteiger partial charge in [-0.3, -0.25) is 9.69 Å². The fraction of sp³-hybridized carbons (Fsp3) is 0.857. The Balaban J connectivity index is 2.05. The molecule has 2 rings (SSSR count). The van der Waals surface area contributed by atoms with Crippen LogP contribution in [-0.4, -0.2) is 60.6 Å². The van der Waals surface area contributed by atoms with Crippen LogP contribution in [0.4, 0.5) is 0 Å². The average Bonchev–Trinajstić information content (AvgIpc) is 2.98. The normalized spacial score (nSPS) is 25.2. The molecule has 2 aliphatic rings. The molecule has 0 aromatic carbocycles. The molecule has 1 heterocycles. The minimum atomic E-state index is -0.190. The maximum Gasteiger partial charge on any atom is 0.243 e. The minimum absolute atomic E-state index is 0.0515. The lowest BCUT2D eigenvalue weighted by Crippen LogP contribution is -2.57. The Hall–Kier alpha value is -1.12. The third-order valence-corrected chi connectivity index (χ3v) is 4.20. The van der Waals surface area contributed by atoms with E-state index < -0.39 is 0 Å². The standard InChI is InChI=1S/C14H23N3O2/c1-2-16(8-7-15)14(18)13-11-19-10-9-17(13)12-5-3-4-6-12/h12-13H,2-6,8-11H2,1H3. The highest BCUT2D eigenvalue weighted by atomic mass is 16.5. The van der Waals surface area contributed by atoms with Gasteiger partial charge in [0.2, 0.25) is 5.91 Å². The van der Waals surface area contributed by atoms with Crippen molar-refractivity contribution in [2.75, 3.05) is 32.8 Å². The van der Waals surface area contributed by atoms with Crippen LogP contribution in [0.15, 0.2) is 0 Å². The van der Waals surface area contributed by atoms with Gasteiger partial charge in [-0.1, -0.05) is 12.8 Å². The number of ether oxygens (including phenoxy) is 1. The van der Waals surface area contributed by atoms with Crippen molar-refractivity contribution in [1.29, 1.82) is 5.26 Å². The van der Waals surface area contributed by atoms with E-state index in [2.05, 4.69) is 11.0 Å². The summed E-state index contributed by atoms with van der Waals surface area (Å²) in [4.78, 5) is 16.5. The average molecular weight is 265 g/mol. The molecule has 5 nitrogen and oxygen atoms in total. The van der Waals surface area contributed by atoms with E-state index in [1.165, 1.54) is 25.7 Å². The third-order valence-electron chi connectivity index (χ3n) is 4.20. The van der Waals surface area contributed by atoms with Gasteiger partial charge in [0.05, 0.1) is 19.3 Å². The number of morpholine rings is 1. The Bertz CT molecular complexity index is 347. The zero-order valence-corrected chi connectivity index (χ0v) is 11.7. The van der Waals surface area contributed by atoms with Crippen LogP contribution in [0, 0.1) is 11.3 Å². The first-order chi connectivity index (χ1) is 9.27. The molecule has 19 heavy (non-hydrogen) atoms. The summed E-state index contributed by atoms with van der Waals surface area (Å²) in [5.41, 5.74) is 0. The molecular formula is C14H23N3O2. The molecule has 0 spiro atoms. The molecule has 0 N–H and O–H groups in total. The van der Waals surface area contributed by atoms with Gasteiger partial charge in [-0.25, -0.2) is 0 Å². The molecule has 0 bridgehead atoms. The summed E-state index contributed by atoms with van der Waals surface area (Å²) in [5.74, 6) is 0.0515. The van der Waals surface area contributed by atoms with E-state index in [9.17, 15) is 4.79 Å². The first-order valence-electron chi connectivity index (χ1n) is 7.27. The number of amides is 1. The third kappa shape index (κ3) is 3.26. The Labute approximate surface area is 115 Å². The number of carbonyl (C=O) groups is 1. The van der Waals surface area contributed by atoms with Gasteiger partial charge in [0.15, 0.2) is 0 Å². The fourth-order valence-electron chi connectivity index (χ4n) is 3.14. The van der Waals surface area contributed by atoms with E-state index in [-0.39, 0.29) is 18.5 Å². The number of carbonyl (C=O) groups excluding carboxylic acids is 1. The summed E-state index contributed by atoms with van der Waals surface area (Å²) in [6, 6.07) is 2.41. The largest absolute Gasteiger partial charge is 0.378 e. The lowest BCUT2D eigenvalue weighted by molar-refractivity contribution is -0.144. The predicted octanol–water partition coefficient (Wildman–Crippen LogP) is 1.00. The lowest BCUT2D eigenvalue weighted by atomic mass is 10.1. The smallest absolute Gasteiger partial charge is 0.243 e. The van der Waals surface area contributed by atoms with E-state index in [1.807, 2.05) is 6.92 Å². The van der Waals surface area contributed by atoms with Crippen molar-refractivity contribution in [3.63, 3.8) is 0 Å². The van der Waals surface area contributed by atoms with Crippen molar-refractivity contribution in [3.8, 4) is 6.07 Å². The minimum Gasteiger partial charge on any atom is -0.378 e. The molecule has 1 aliphatic heterocycles. The molecule has 1 unspecified atom stereocenters. The Morgan fingerprint density at radius 1 is 1.47 bits per heavy atom. The molecule has 106 valence electrons. The summed E-state index contributed by atoms with van der Waals surface area (Å²) in [6.07, 6.45) is 4.90. The topological polar surface area (TPSA) is 56.6 Å². The van der Waals surface area contributed by atoms with Crippen LogP contribution in [0.3, 0.4) is 0 Å². The summed E-state index contributed by atoms with van der Waals surface area (Å²) in [6.45, 7) is 4.69. The van der Waals surface area contributed by atoms with Gasteiger partial charge in [0.25, 0.3) is 0 Å². The second kappa shape index (κ2) is 6.88. The Morgan fingerprint density at radius 2 is 2.21 bits per heavy atom. The quantitative estimate of drug-likeness (QED) is 0.712. The highest BCUT2D eigenvalue weighted by Crippen LogP contribution is 2.27. The maximum absolute atomic E-state index is 12.5. The lowest BCUT2D eigenvalue weighted by Gasteiger charge is -2.40. The van der Waals surface area contributed by atoms with Crippen molar-refractivity contribution < 1.29 is 9.53 Å². The number of nitriles is 1. The molecule has 5 heteroatoms. The molecule has 1 amide bonds. The van der Waals surface area contributed by atoms with Gasteiger partial charge in [-0.15, -0.1) is 0 Å². The van der Waals surface area contributed by atoms with E-state index in [0.717, 1.165) is 6.54 Å². The van der Waals surface area contributed by atoms with E-state index >= 15 is 0 Å². The van der Waals surface area contributed by atoms with E-state index in [4.69, 9.17) is 10.00 Å². The van der Waals surface area contributed by atoms with Gasteiger partial charge in [-0.05, 0) is 19.8 Å². The van der Waals surface area contributed by atoms with Crippen LogP contribution < -0.4 is 0 Å². The number of hydrogen-bond donors (Lipinski definition) is 0. The van der Waals surface area contributed by atoms with Gasteiger partial charge in [-0.2, -0.15) is 5.26 Å². The van der Waals surface area contributed by atoms with Crippen LogP contribution in [0.5, 0.6) is 0 Å². The number of rotatable bonds is 4. The highest BCUT2D eigenvalue weighted by Gasteiger charge is 2.36. The van der Waals surface area contributed by atoms with Crippen LogP contribution >= 0.6 is 0 Å². The SMILES string of the molecule is CCN(CC#N)C(=O)C1COCCN1C1CCCC1. The van der Waals surface area contributed by atoms with Gasteiger partial charge in [0, 0.05) is 19.1 Å². The predicted molar refractivity (Wildman–Crippen MR) is 71.4 cm³/mol. The van der Waals surface area contributed by atoms with Crippen molar-refractivity contribution in [2.24, 2.45) is 0 Å². The molecule has 2 fully saturated rings. The summed E-state index contributed by atoms with van der Waals surface area (Å²) in [5, 5.41) is 8.80. The molecule has 0 aromatic heterocycles. The molecule has 1 aliphatic carbocycles. The van der Waals surface area contributed by atoms with Crippen LogP contribution in [0.25, 0.3) is 0 Å². The van der Waals surface area contributed by atoms with Gasteiger partial charge >= 0.3 is 0 Å². The first-order valence-corrected chi connectivity index (χ1v) is 7.27. The molecule has 0 radical (unpaired) electrons. The zero-order chi connectivity index (χ0) is 13.7. The summed E-state index contributed by atoms with van der Waals surface area (Å²) >= 11 is 0. The van der Waals surface area contributed by atoms with Crippen LogP contribution in [0.2, 0.25) is 0 Å². The van der Waals surface area contributed by atoms with Crippen molar-refractivity contribution in [1.82, 2.24) is 9.80 Å². The molecule has 0 aromatic rings. The van der Waals surface area contributed by atoms with Crippen LogP contribution in [-0.2, 0) is 9.53 Å².